The van der Waals surface area contributed by atoms with Crippen molar-refractivity contribution in [2.24, 2.45) is 5.10 Å². The third-order valence-electron chi connectivity index (χ3n) is 2.53. The van der Waals surface area contributed by atoms with Crippen molar-refractivity contribution in [3.8, 4) is 11.5 Å². The van der Waals surface area contributed by atoms with Crippen LogP contribution >= 0.6 is 22.6 Å². The first-order valence-electron chi connectivity index (χ1n) is 5.68. The van der Waals surface area contributed by atoms with Gasteiger partial charge in [-0.15, -0.1) is 0 Å². The number of halogens is 1. The number of para-hydroxylation sites is 1. The zero-order chi connectivity index (χ0) is 14.5. The predicted molar refractivity (Wildman–Crippen MR) is 84.0 cm³/mol. The molecule has 3 N–H and O–H groups in total. The zero-order valence-electron chi connectivity index (χ0n) is 10.2. The number of amides is 1. The highest BCUT2D eigenvalue weighted by Crippen LogP contribution is 2.26. The fourth-order valence-corrected chi connectivity index (χ4v) is 2.15. The average Bonchev–Trinajstić information content (AvgIpc) is 2.44. The Bertz CT molecular complexity index is 671. The minimum absolute atomic E-state index is 0.238. The molecule has 0 saturated carbocycles. The lowest BCUT2D eigenvalue weighted by atomic mass is 10.2. The number of rotatable bonds is 3. The van der Waals surface area contributed by atoms with Crippen LogP contribution in [0.5, 0.6) is 11.5 Å². The minimum Gasteiger partial charge on any atom is -0.504 e. The second kappa shape index (κ2) is 6.38. The van der Waals surface area contributed by atoms with Crippen LogP contribution in [0.25, 0.3) is 0 Å². The molecular weight excluding hydrogens is 371 g/mol. The van der Waals surface area contributed by atoms with Gasteiger partial charge in [0, 0.05) is 9.13 Å². The summed E-state index contributed by atoms with van der Waals surface area (Å²) in [4.78, 5) is 11.9. The second-order valence-corrected chi connectivity index (χ2v) is 5.06. The molecule has 6 heteroatoms. The van der Waals surface area contributed by atoms with E-state index in [0.717, 1.165) is 3.57 Å². The summed E-state index contributed by atoms with van der Waals surface area (Å²) in [6.45, 7) is 0. The third kappa shape index (κ3) is 3.27. The first kappa shape index (κ1) is 14.3. The van der Waals surface area contributed by atoms with E-state index in [0.29, 0.717) is 11.1 Å². The van der Waals surface area contributed by atoms with E-state index in [1.54, 1.807) is 24.3 Å². The first-order valence-corrected chi connectivity index (χ1v) is 6.76. The van der Waals surface area contributed by atoms with E-state index in [2.05, 4.69) is 33.1 Å². The number of hydrazone groups is 1. The summed E-state index contributed by atoms with van der Waals surface area (Å²) in [6, 6.07) is 11.6. The summed E-state index contributed by atoms with van der Waals surface area (Å²) >= 11 is 2.06. The van der Waals surface area contributed by atoms with Crippen molar-refractivity contribution in [1.29, 1.82) is 0 Å². The van der Waals surface area contributed by atoms with Crippen molar-refractivity contribution in [2.45, 2.75) is 0 Å². The van der Waals surface area contributed by atoms with Gasteiger partial charge in [0.1, 0.15) is 0 Å². The molecule has 0 unspecified atom stereocenters. The smallest absolute Gasteiger partial charge is 0.272 e. The molecule has 0 heterocycles. The van der Waals surface area contributed by atoms with E-state index in [-0.39, 0.29) is 17.4 Å². The van der Waals surface area contributed by atoms with Gasteiger partial charge in [0.25, 0.3) is 5.91 Å². The van der Waals surface area contributed by atoms with E-state index in [9.17, 15) is 15.0 Å². The van der Waals surface area contributed by atoms with Crippen molar-refractivity contribution in [3.05, 3.63) is 57.2 Å². The highest BCUT2D eigenvalue weighted by molar-refractivity contribution is 14.1. The van der Waals surface area contributed by atoms with E-state index < -0.39 is 0 Å². The minimum atomic E-state index is -0.342. The van der Waals surface area contributed by atoms with Crippen LogP contribution in [-0.2, 0) is 0 Å². The number of nitrogens with zero attached hydrogens (tertiary/aromatic N) is 1. The first-order chi connectivity index (χ1) is 9.59. The summed E-state index contributed by atoms with van der Waals surface area (Å²) in [6.07, 6.45) is 1.27. The lowest BCUT2D eigenvalue weighted by Crippen LogP contribution is -2.18. The SMILES string of the molecule is O=C(NN=Cc1cccc(O)c1O)c1ccccc1I. The maximum Gasteiger partial charge on any atom is 0.272 e. The van der Waals surface area contributed by atoms with Gasteiger partial charge in [0.15, 0.2) is 11.5 Å². The average molecular weight is 382 g/mol. The molecule has 0 aromatic heterocycles. The maximum absolute atomic E-state index is 11.9. The van der Waals surface area contributed by atoms with Crippen LogP contribution in [0.2, 0.25) is 0 Å². The number of aromatic hydroxyl groups is 2. The van der Waals surface area contributed by atoms with Crippen LogP contribution in [0.4, 0.5) is 0 Å². The van der Waals surface area contributed by atoms with Crippen LogP contribution in [0, 0.1) is 3.57 Å². The molecule has 0 aliphatic heterocycles. The summed E-state index contributed by atoms with van der Waals surface area (Å²) in [5, 5.41) is 22.7. The van der Waals surface area contributed by atoms with E-state index in [4.69, 9.17) is 0 Å². The van der Waals surface area contributed by atoms with Gasteiger partial charge >= 0.3 is 0 Å². The van der Waals surface area contributed by atoms with E-state index >= 15 is 0 Å². The van der Waals surface area contributed by atoms with Crippen molar-refractivity contribution in [1.82, 2.24) is 5.43 Å². The third-order valence-corrected chi connectivity index (χ3v) is 3.47. The lowest BCUT2D eigenvalue weighted by Gasteiger charge is -2.03. The highest BCUT2D eigenvalue weighted by atomic mass is 127. The maximum atomic E-state index is 11.9. The van der Waals surface area contributed by atoms with Crippen molar-refractivity contribution in [3.63, 3.8) is 0 Å². The van der Waals surface area contributed by atoms with Crippen molar-refractivity contribution < 1.29 is 15.0 Å². The largest absolute Gasteiger partial charge is 0.504 e. The Morgan fingerprint density at radius 2 is 1.90 bits per heavy atom. The quantitative estimate of drug-likeness (QED) is 0.330. The molecule has 2 rings (SSSR count). The molecule has 0 fully saturated rings. The standard InChI is InChI=1S/C14H11IN2O3/c15-11-6-2-1-5-10(11)14(20)17-16-8-9-4-3-7-12(18)13(9)19/h1-8,18-19H,(H,17,20). The number of hydrogen-bond acceptors (Lipinski definition) is 4. The number of benzene rings is 2. The van der Waals surface area contributed by atoms with Crippen LogP contribution in [0.1, 0.15) is 15.9 Å². The van der Waals surface area contributed by atoms with Gasteiger partial charge in [-0.05, 0) is 46.9 Å². The molecule has 0 atom stereocenters. The Balaban J connectivity index is 2.09. The monoisotopic (exact) mass is 382 g/mol. The van der Waals surface area contributed by atoms with Gasteiger partial charge in [-0.1, -0.05) is 18.2 Å². The summed E-state index contributed by atoms with van der Waals surface area (Å²) in [5.74, 6) is -0.858. The Kier molecular flexibility index (Phi) is 4.57. The molecule has 0 aliphatic carbocycles. The Morgan fingerprint density at radius 3 is 2.65 bits per heavy atom. The molecule has 0 aliphatic rings. The highest BCUT2D eigenvalue weighted by Gasteiger charge is 2.08. The normalized spacial score (nSPS) is 10.7. The number of hydrogen-bond donors (Lipinski definition) is 3. The van der Waals surface area contributed by atoms with Crippen LogP contribution < -0.4 is 5.43 Å². The number of carbonyl (C=O) groups excluding carboxylic acids is 1. The van der Waals surface area contributed by atoms with Gasteiger partial charge in [-0.2, -0.15) is 5.10 Å². The van der Waals surface area contributed by atoms with Crippen molar-refractivity contribution in [2.75, 3.05) is 0 Å². The van der Waals surface area contributed by atoms with Crippen LogP contribution in [0.3, 0.4) is 0 Å². The van der Waals surface area contributed by atoms with Crippen molar-refractivity contribution >= 4 is 34.7 Å². The summed E-state index contributed by atoms with van der Waals surface area (Å²) in [7, 11) is 0. The Morgan fingerprint density at radius 1 is 1.15 bits per heavy atom. The fraction of sp³-hybridized carbons (Fsp3) is 0. The second-order valence-electron chi connectivity index (χ2n) is 3.89. The molecule has 0 saturated heterocycles. The number of nitrogens with one attached hydrogen (secondary N) is 1. The molecule has 2 aromatic rings. The van der Waals surface area contributed by atoms with E-state index in [1.807, 2.05) is 12.1 Å². The summed E-state index contributed by atoms with van der Waals surface area (Å²) < 4.78 is 0.818. The zero-order valence-corrected chi connectivity index (χ0v) is 12.4. The van der Waals surface area contributed by atoms with Gasteiger partial charge in [0.05, 0.1) is 11.8 Å². The van der Waals surface area contributed by atoms with Crippen LogP contribution in [0.15, 0.2) is 47.6 Å². The molecule has 5 nitrogen and oxygen atoms in total. The number of phenolic OH excluding ortho intramolecular Hbond substituents is 2. The van der Waals surface area contributed by atoms with Gasteiger partial charge in [-0.3, -0.25) is 4.79 Å². The molecule has 1 amide bonds. The Labute approximate surface area is 129 Å². The van der Waals surface area contributed by atoms with Gasteiger partial charge in [0.2, 0.25) is 0 Å². The van der Waals surface area contributed by atoms with E-state index in [1.165, 1.54) is 12.3 Å². The number of carbonyl (C=O) groups is 1. The van der Waals surface area contributed by atoms with Gasteiger partial charge < -0.3 is 10.2 Å². The molecule has 2 aromatic carbocycles. The molecule has 20 heavy (non-hydrogen) atoms. The molecule has 0 radical (unpaired) electrons. The lowest BCUT2D eigenvalue weighted by molar-refractivity contribution is 0.0954. The summed E-state index contributed by atoms with van der Waals surface area (Å²) in [5.41, 5.74) is 3.20. The predicted octanol–water partition coefficient (Wildman–Crippen LogP) is 2.47. The Hall–Kier alpha value is -2.09. The fourth-order valence-electron chi connectivity index (χ4n) is 1.52. The molecule has 102 valence electrons. The molecule has 0 spiro atoms. The van der Waals surface area contributed by atoms with Crippen LogP contribution in [-0.4, -0.2) is 22.3 Å². The topological polar surface area (TPSA) is 81.9 Å². The molecule has 0 bridgehead atoms. The molecular formula is C14H11IN2O3. The number of phenols is 2. The van der Waals surface area contributed by atoms with Gasteiger partial charge in [-0.25, -0.2) is 5.43 Å².